The minimum atomic E-state index is -3.77. The SMILES string of the molecule is CO[C@H]1COc2c(S(N)(=O)=O)cnn2C1. The Balaban J connectivity index is 2.38. The molecule has 0 fully saturated rings. The van der Waals surface area contributed by atoms with E-state index in [-0.39, 0.29) is 16.9 Å². The molecule has 0 aromatic carbocycles. The van der Waals surface area contributed by atoms with Crippen molar-refractivity contribution < 1.29 is 17.9 Å². The molecule has 0 unspecified atom stereocenters. The second-order valence-electron chi connectivity index (χ2n) is 3.21. The van der Waals surface area contributed by atoms with Gasteiger partial charge in [-0.2, -0.15) is 5.10 Å². The van der Waals surface area contributed by atoms with Gasteiger partial charge in [-0.15, -0.1) is 0 Å². The fourth-order valence-electron chi connectivity index (χ4n) is 1.39. The standard InChI is InChI=1S/C7H11N3O4S/c1-13-5-3-10-7(14-4-5)6(2-9-10)15(8,11)12/h2,5H,3-4H2,1H3,(H2,8,11,12)/t5-/m1/s1. The van der Waals surface area contributed by atoms with Crippen molar-refractivity contribution >= 4 is 10.0 Å². The number of primary sulfonamides is 1. The van der Waals surface area contributed by atoms with E-state index in [1.807, 2.05) is 0 Å². The van der Waals surface area contributed by atoms with Crippen LogP contribution in [0, 0.1) is 0 Å². The van der Waals surface area contributed by atoms with Gasteiger partial charge < -0.3 is 9.47 Å². The van der Waals surface area contributed by atoms with Gasteiger partial charge in [-0.3, -0.25) is 0 Å². The van der Waals surface area contributed by atoms with Gasteiger partial charge in [0.1, 0.15) is 12.7 Å². The van der Waals surface area contributed by atoms with Crippen molar-refractivity contribution in [2.24, 2.45) is 5.14 Å². The zero-order valence-electron chi connectivity index (χ0n) is 8.08. The van der Waals surface area contributed by atoms with Gasteiger partial charge in [-0.1, -0.05) is 0 Å². The lowest BCUT2D eigenvalue weighted by molar-refractivity contribution is 0.0165. The molecule has 8 heteroatoms. The molecule has 1 aromatic rings. The van der Waals surface area contributed by atoms with Crippen LogP contribution < -0.4 is 9.88 Å². The molecule has 0 aliphatic carbocycles. The molecule has 7 nitrogen and oxygen atoms in total. The van der Waals surface area contributed by atoms with Crippen LogP contribution in [0.3, 0.4) is 0 Å². The Kier molecular flexibility index (Phi) is 2.41. The molecule has 84 valence electrons. The third-order valence-electron chi connectivity index (χ3n) is 2.18. The summed E-state index contributed by atoms with van der Waals surface area (Å²) in [6.45, 7) is 0.756. The highest BCUT2D eigenvalue weighted by Gasteiger charge is 2.27. The molecule has 0 bridgehead atoms. The molecule has 1 aliphatic heterocycles. The van der Waals surface area contributed by atoms with Gasteiger partial charge in [0.05, 0.1) is 12.7 Å². The number of aromatic nitrogens is 2. The van der Waals surface area contributed by atoms with Crippen molar-refractivity contribution in [1.82, 2.24) is 9.78 Å². The summed E-state index contributed by atoms with van der Waals surface area (Å²) in [4.78, 5) is -0.0861. The van der Waals surface area contributed by atoms with E-state index in [1.165, 1.54) is 10.9 Å². The van der Waals surface area contributed by atoms with Crippen LogP contribution in [0.5, 0.6) is 5.88 Å². The lowest BCUT2D eigenvalue weighted by Gasteiger charge is -2.23. The molecule has 0 amide bonds. The first-order valence-corrected chi connectivity index (χ1v) is 5.81. The molecule has 2 heterocycles. The van der Waals surface area contributed by atoms with Crippen LogP contribution in [0.25, 0.3) is 0 Å². The number of fused-ring (bicyclic) bond motifs is 1. The molecule has 0 radical (unpaired) electrons. The van der Waals surface area contributed by atoms with E-state index < -0.39 is 10.0 Å². The van der Waals surface area contributed by atoms with Crippen LogP contribution in [0.1, 0.15) is 0 Å². The zero-order valence-corrected chi connectivity index (χ0v) is 8.90. The van der Waals surface area contributed by atoms with Crippen molar-refractivity contribution in [3.05, 3.63) is 6.20 Å². The molecule has 2 rings (SSSR count). The predicted molar refractivity (Wildman–Crippen MR) is 49.9 cm³/mol. The Morgan fingerprint density at radius 3 is 3.07 bits per heavy atom. The summed E-state index contributed by atoms with van der Waals surface area (Å²) in [7, 11) is -2.22. The normalized spacial score (nSPS) is 20.8. The largest absolute Gasteiger partial charge is 0.474 e. The molecule has 0 saturated heterocycles. The summed E-state index contributed by atoms with van der Waals surface area (Å²) >= 11 is 0. The first-order valence-electron chi connectivity index (χ1n) is 4.26. The molecule has 15 heavy (non-hydrogen) atoms. The smallest absolute Gasteiger partial charge is 0.245 e. The van der Waals surface area contributed by atoms with Crippen molar-refractivity contribution in [3.63, 3.8) is 0 Å². The lowest BCUT2D eigenvalue weighted by Crippen LogP contribution is -2.32. The fraction of sp³-hybridized carbons (Fsp3) is 0.571. The Morgan fingerprint density at radius 1 is 1.73 bits per heavy atom. The van der Waals surface area contributed by atoms with Crippen LogP contribution in [0.2, 0.25) is 0 Å². The Hall–Kier alpha value is -1.12. The van der Waals surface area contributed by atoms with E-state index in [0.717, 1.165) is 0 Å². The molecular formula is C7H11N3O4S. The molecule has 1 aliphatic rings. The van der Waals surface area contributed by atoms with Crippen molar-refractivity contribution in [2.75, 3.05) is 13.7 Å². The minimum Gasteiger partial charge on any atom is -0.474 e. The van der Waals surface area contributed by atoms with Gasteiger partial charge in [0, 0.05) is 7.11 Å². The molecule has 1 atom stereocenters. The average molecular weight is 233 g/mol. The predicted octanol–water partition coefficient (Wildman–Crippen LogP) is -1.06. The highest BCUT2D eigenvalue weighted by Crippen LogP contribution is 2.25. The second-order valence-corrected chi connectivity index (χ2v) is 4.74. The van der Waals surface area contributed by atoms with E-state index in [0.29, 0.717) is 13.2 Å². The van der Waals surface area contributed by atoms with Crippen molar-refractivity contribution in [2.45, 2.75) is 17.5 Å². The van der Waals surface area contributed by atoms with E-state index in [1.54, 1.807) is 7.11 Å². The maximum Gasteiger partial charge on any atom is 0.245 e. The number of methoxy groups -OCH3 is 1. The molecule has 0 spiro atoms. The number of ether oxygens (including phenoxy) is 2. The second kappa shape index (κ2) is 3.47. The number of hydrogen-bond donors (Lipinski definition) is 1. The van der Waals surface area contributed by atoms with Crippen LogP contribution in [-0.2, 0) is 21.3 Å². The highest BCUT2D eigenvalue weighted by atomic mass is 32.2. The van der Waals surface area contributed by atoms with Gasteiger partial charge in [0.25, 0.3) is 0 Å². The summed E-state index contributed by atoms with van der Waals surface area (Å²) in [6, 6.07) is 0. The highest BCUT2D eigenvalue weighted by molar-refractivity contribution is 7.89. The lowest BCUT2D eigenvalue weighted by atomic mass is 10.3. The summed E-state index contributed by atoms with van der Waals surface area (Å²) in [6.07, 6.45) is 1.06. The first-order chi connectivity index (χ1) is 7.02. The van der Waals surface area contributed by atoms with Crippen LogP contribution >= 0.6 is 0 Å². The third kappa shape index (κ3) is 1.83. The maximum atomic E-state index is 11.1. The van der Waals surface area contributed by atoms with Crippen molar-refractivity contribution in [1.29, 1.82) is 0 Å². The van der Waals surface area contributed by atoms with Crippen molar-refractivity contribution in [3.8, 4) is 5.88 Å². The Labute approximate surface area is 86.8 Å². The quantitative estimate of drug-likeness (QED) is 0.702. The topological polar surface area (TPSA) is 96.4 Å². The Morgan fingerprint density at radius 2 is 2.47 bits per heavy atom. The summed E-state index contributed by atoms with van der Waals surface area (Å²) in [5, 5.41) is 8.87. The van der Waals surface area contributed by atoms with Gasteiger partial charge >= 0.3 is 0 Å². The Bertz CT molecular complexity index is 467. The van der Waals surface area contributed by atoms with E-state index in [2.05, 4.69) is 5.10 Å². The van der Waals surface area contributed by atoms with Crippen LogP contribution in [-0.4, -0.2) is 38.0 Å². The molecule has 2 N–H and O–H groups in total. The number of sulfonamides is 1. The molecular weight excluding hydrogens is 222 g/mol. The minimum absolute atomic E-state index is 0.0861. The van der Waals surface area contributed by atoms with E-state index in [4.69, 9.17) is 14.6 Å². The molecule has 0 saturated carbocycles. The van der Waals surface area contributed by atoms with Crippen LogP contribution in [0.15, 0.2) is 11.1 Å². The summed E-state index contributed by atoms with van der Waals surface area (Å²) in [5.41, 5.74) is 0. The van der Waals surface area contributed by atoms with Gasteiger partial charge in [0.15, 0.2) is 4.90 Å². The number of nitrogens with zero attached hydrogens (tertiary/aromatic N) is 2. The number of hydrogen-bond acceptors (Lipinski definition) is 5. The fourth-order valence-corrected chi connectivity index (χ4v) is 1.99. The number of nitrogens with two attached hydrogens (primary N) is 1. The average Bonchev–Trinajstić information content (AvgIpc) is 2.59. The molecule has 1 aromatic heterocycles. The maximum absolute atomic E-state index is 11.1. The van der Waals surface area contributed by atoms with Crippen LogP contribution in [0.4, 0.5) is 0 Å². The zero-order chi connectivity index (χ0) is 11.1. The summed E-state index contributed by atoms with van der Waals surface area (Å²) < 4.78 is 34.0. The monoisotopic (exact) mass is 233 g/mol. The van der Waals surface area contributed by atoms with Gasteiger partial charge in [-0.25, -0.2) is 18.2 Å². The first kappa shape index (κ1) is 10.4. The number of rotatable bonds is 2. The van der Waals surface area contributed by atoms with Gasteiger partial charge in [-0.05, 0) is 0 Å². The van der Waals surface area contributed by atoms with Gasteiger partial charge in [0.2, 0.25) is 15.9 Å². The third-order valence-corrected chi connectivity index (χ3v) is 3.08. The van der Waals surface area contributed by atoms with E-state index in [9.17, 15) is 8.42 Å². The summed E-state index contributed by atoms with van der Waals surface area (Å²) in [5.74, 6) is 0.186. The van der Waals surface area contributed by atoms with E-state index >= 15 is 0 Å².